The summed E-state index contributed by atoms with van der Waals surface area (Å²) < 4.78 is 0. The number of carboxylic acid groups (broad SMARTS) is 1. The van der Waals surface area contributed by atoms with Gasteiger partial charge < -0.3 is 15.3 Å². The highest BCUT2D eigenvalue weighted by atomic mass is 16.4. The summed E-state index contributed by atoms with van der Waals surface area (Å²) in [5.74, 6) is 0.787. The third kappa shape index (κ3) is 3.33. The van der Waals surface area contributed by atoms with Crippen LogP contribution in [0.3, 0.4) is 0 Å². The van der Waals surface area contributed by atoms with Crippen LogP contribution in [0, 0.1) is 5.92 Å². The Morgan fingerprint density at radius 3 is 2.65 bits per heavy atom. The van der Waals surface area contributed by atoms with Crippen molar-refractivity contribution < 1.29 is 9.90 Å². The zero-order valence-corrected chi connectivity index (χ0v) is 10.6. The fourth-order valence-corrected chi connectivity index (χ4v) is 2.84. The monoisotopic (exact) mass is 241 g/mol. The molecule has 2 aliphatic rings. The summed E-state index contributed by atoms with van der Waals surface area (Å²) in [6.07, 6.45) is 1.73. The van der Waals surface area contributed by atoms with Crippen LogP contribution in [-0.2, 0) is 0 Å². The normalized spacial score (nSPS) is 28.3. The second-order valence-electron chi connectivity index (χ2n) is 5.27. The fraction of sp³-hybridized carbons (Fsp3) is 0.917. The Morgan fingerprint density at radius 1 is 1.35 bits per heavy atom. The van der Waals surface area contributed by atoms with Gasteiger partial charge in [0.25, 0.3) is 0 Å². The van der Waals surface area contributed by atoms with Crippen LogP contribution in [-0.4, -0.2) is 66.3 Å². The predicted molar refractivity (Wildman–Crippen MR) is 66.2 cm³/mol. The molecule has 0 saturated carbocycles. The van der Waals surface area contributed by atoms with Crippen molar-refractivity contribution >= 4 is 6.09 Å². The van der Waals surface area contributed by atoms with Gasteiger partial charge in [0.2, 0.25) is 0 Å². The molecule has 2 N–H and O–H groups in total. The molecule has 0 bridgehead atoms. The quantitative estimate of drug-likeness (QED) is 0.746. The number of piperidine rings is 1. The molecule has 0 aromatic heterocycles. The number of carbonyl (C=O) groups is 1. The van der Waals surface area contributed by atoms with Gasteiger partial charge in [-0.2, -0.15) is 0 Å². The first kappa shape index (κ1) is 12.6. The lowest BCUT2D eigenvalue weighted by molar-refractivity contribution is 0.0625. The van der Waals surface area contributed by atoms with Crippen LogP contribution in [0.2, 0.25) is 0 Å². The van der Waals surface area contributed by atoms with E-state index in [0.29, 0.717) is 19.1 Å². The number of amides is 1. The van der Waals surface area contributed by atoms with Gasteiger partial charge in [0.05, 0.1) is 0 Å². The number of rotatable bonds is 2. The van der Waals surface area contributed by atoms with Crippen molar-refractivity contribution in [2.24, 2.45) is 5.92 Å². The van der Waals surface area contributed by atoms with Crippen LogP contribution in [0.4, 0.5) is 4.79 Å². The van der Waals surface area contributed by atoms with Crippen molar-refractivity contribution in [3.05, 3.63) is 0 Å². The highest BCUT2D eigenvalue weighted by Crippen LogP contribution is 2.17. The second-order valence-corrected chi connectivity index (χ2v) is 5.27. The smallest absolute Gasteiger partial charge is 0.407 e. The largest absolute Gasteiger partial charge is 0.465 e. The van der Waals surface area contributed by atoms with E-state index in [9.17, 15) is 4.79 Å². The molecule has 17 heavy (non-hydrogen) atoms. The molecule has 0 unspecified atom stereocenters. The Kier molecular flexibility index (Phi) is 4.23. The SMILES string of the molecule is C[C@@H]1CN(C(=O)O)CCN1CC1CCNCC1. The van der Waals surface area contributed by atoms with Gasteiger partial charge in [-0.25, -0.2) is 4.79 Å². The minimum Gasteiger partial charge on any atom is -0.465 e. The average Bonchev–Trinajstić information content (AvgIpc) is 2.33. The van der Waals surface area contributed by atoms with Crippen LogP contribution in [0.1, 0.15) is 19.8 Å². The summed E-state index contributed by atoms with van der Waals surface area (Å²) in [5, 5.41) is 12.3. The van der Waals surface area contributed by atoms with E-state index in [-0.39, 0.29) is 0 Å². The van der Waals surface area contributed by atoms with Gasteiger partial charge in [0.1, 0.15) is 0 Å². The first-order valence-electron chi connectivity index (χ1n) is 6.59. The summed E-state index contributed by atoms with van der Waals surface area (Å²) in [5.41, 5.74) is 0. The molecule has 0 aromatic carbocycles. The van der Waals surface area contributed by atoms with Gasteiger partial charge in [-0.15, -0.1) is 0 Å². The van der Waals surface area contributed by atoms with E-state index in [4.69, 9.17) is 5.11 Å². The molecular weight excluding hydrogens is 218 g/mol. The maximum Gasteiger partial charge on any atom is 0.407 e. The zero-order chi connectivity index (χ0) is 12.3. The molecule has 2 saturated heterocycles. The first-order valence-corrected chi connectivity index (χ1v) is 6.59. The van der Waals surface area contributed by atoms with E-state index >= 15 is 0 Å². The summed E-state index contributed by atoms with van der Waals surface area (Å²) in [6.45, 7) is 7.73. The summed E-state index contributed by atoms with van der Waals surface area (Å²) in [4.78, 5) is 14.9. The molecule has 5 heteroatoms. The van der Waals surface area contributed by atoms with Crippen molar-refractivity contribution in [2.75, 3.05) is 39.3 Å². The standard InChI is InChI=1S/C12H23N3O2/c1-10-8-15(12(16)17)7-6-14(10)9-11-2-4-13-5-3-11/h10-11,13H,2-9H2,1H3,(H,16,17)/t10-/m1/s1. The lowest BCUT2D eigenvalue weighted by atomic mass is 9.96. The number of hydrogen-bond donors (Lipinski definition) is 2. The molecule has 2 aliphatic heterocycles. The number of nitrogens with one attached hydrogen (secondary N) is 1. The zero-order valence-electron chi connectivity index (χ0n) is 10.6. The van der Waals surface area contributed by atoms with Gasteiger partial charge in [0.15, 0.2) is 0 Å². The molecule has 1 atom stereocenters. The van der Waals surface area contributed by atoms with Crippen molar-refractivity contribution in [1.29, 1.82) is 0 Å². The minimum atomic E-state index is -0.779. The average molecular weight is 241 g/mol. The Hall–Kier alpha value is -0.810. The van der Waals surface area contributed by atoms with Crippen LogP contribution in [0.5, 0.6) is 0 Å². The maximum absolute atomic E-state index is 10.9. The fourth-order valence-electron chi connectivity index (χ4n) is 2.84. The van der Waals surface area contributed by atoms with Crippen LogP contribution >= 0.6 is 0 Å². The molecule has 0 aliphatic carbocycles. The van der Waals surface area contributed by atoms with E-state index in [1.807, 2.05) is 0 Å². The molecule has 2 fully saturated rings. The Morgan fingerprint density at radius 2 is 2.06 bits per heavy atom. The van der Waals surface area contributed by atoms with Crippen LogP contribution in [0.15, 0.2) is 0 Å². The van der Waals surface area contributed by atoms with Gasteiger partial charge in [0, 0.05) is 32.2 Å². The topological polar surface area (TPSA) is 55.8 Å². The number of nitrogens with zero attached hydrogens (tertiary/aromatic N) is 2. The lowest BCUT2D eigenvalue weighted by Gasteiger charge is -2.40. The lowest BCUT2D eigenvalue weighted by Crippen LogP contribution is -2.54. The van der Waals surface area contributed by atoms with Crippen molar-refractivity contribution in [2.45, 2.75) is 25.8 Å². The van der Waals surface area contributed by atoms with E-state index in [2.05, 4.69) is 17.1 Å². The molecule has 5 nitrogen and oxygen atoms in total. The summed E-state index contributed by atoms with van der Waals surface area (Å²) >= 11 is 0. The summed E-state index contributed by atoms with van der Waals surface area (Å²) in [6, 6.07) is 0.356. The van der Waals surface area contributed by atoms with Crippen LogP contribution < -0.4 is 5.32 Å². The number of hydrogen-bond acceptors (Lipinski definition) is 3. The molecular formula is C12H23N3O2. The van der Waals surface area contributed by atoms with E-state index in [0.717, 1.165) is 32.1 Å². The Bertz CT molecular complexity index is 266. The first-order chi connectivity index (χ1) is 8.16. The van der Waals surface area contributed by atoms with Crippen LogP contribution in [0.25, 0.3) is 0 Å². The molecule has 0 radical (unpaired) electrons. The van der Waals surface area contributed by atoms with E-state index in [1.54, 1.807) is 0 Å². The van der Waals surface area contributed by atoms with E-state index < -0.39 is 6.09 Å². The Labute approximate surface area is 103 Å². The molecule has 1 amide bonds. The van der Waals surface area contributed by atoms with Gasteiger partial charge in [-0.3, -0.25) is 4.90 Å². The third-order valence-corrected chi connectivity index (χ3v) is 3.99. The Balaban J connectivity index is 1.80. The molecule has 0 spiro atoms. The molecule has 2 rings (SSSR count). The van der Waals surface area contributed by atoms with Crippen molar-refractivity contribution in [3.63, 3.8) is 0 Å². The maximum atomic E-state index is 10.9. The number of piperazine rings is 1. The molecule has 0 aromatic rings. The van der Waals surface area contributed by atoms with Gasteiger partial charge in [-0.05, 0) is 38.8 Å². The molecule has 98 valence electrons. The summed E-state index contributed by atoms with van der Waals surface area (Å²) in [7, 11) is 0. The highest BCUT2D eigenvalue weighted by molar-refractivity contribution is 5.65. The van der Waals surface area contributed by atoms with Gasteiger partial charge >= 0.3 is 6.09 Å². The van der Waals surface area contributed by atoms with Crippen molar-refractivity contribution in [3.8, 4) is 0 Å². The minimum absolute atomic E-state index is 0.356. The highest BCUT2D eigenvalue weighted by Gasteiger charge is 2.28. The second kappa shape index (κ2) is 5.69. The third-order valence-electron chi connectivity index (χ3n) is 3.99. The van der Waals surface area contributed by atoms with Gasteiger partial charge in [-0.1, -0.05) is 0 Å². The van der Waals surface area contributed by atoms with Crippen molar-refractivity contribution in [1.82, 2.24) is 15.1 Å². The predicted octanol–water partition coefficient (Wildman–Crippen LogP) is 0.670. The van der Waals surface area contributed by atoms with E-state index in [1.165, 1.54) is 17.7 Å². The molecule has 2 heterocycles.